The van der Waals surface area contributed by atoms with Gasteiger partial charge in [-0.15, -0.1) is 10.2 Å². The molecule has 0 fully saturated rings. The van der Waals surface area contributed by atoms with Crippen LogP contribution in [0, 0.1) is 5.82 Å². The number of halogens is 4. The van der Waals surface area contributed by atoms with Gasteiger partial charge in [0, 0.05) is 11.6 Å². The van der Waals surface area contributed by atoms with Crippen molar-refractivity contribution in [2.45, 2.75) is 19.2 Å². The zero-order valence-electron chi connectivity index (χ0n) is 16.9. The molecule has 0 bridgehead atoms. The van der Waals surface area contributed by atoms with Gasteiger partial charge in [0.2, 0.25) is 5.88 Å². The van der Waals surface area contributed by atoms with Crippen molar-refractivity contribution < 1.29 is 31.8 Å². The molecule has 1 unspecified atom stereocenters. The Hall–Kier alpha value is -3.69. The minimum atomic E-state index is -4.50. The van der Waals surface area contributed by atoms with Crippen LogP contribution in [0.25, 0.3) is 11.3 Å². The molecule has 168 valence electrons. The van der Waals surface area contributed by atoms with Crippen molar-refractivity contribution in [1.82, 2.24) is 15.5 Å². The molecule has 1 N–H and O–H groups in total. The molecule has 1 amide bonds. The van der Waals surface area contributed by atoms with E-state index in [4.69, 9.17) is 9.47 Å². The fourth-order valence-corrected chi connectivity index (χ4v) is 2.65. The molecular formula is C22H19F4N3O3. The smallest absolute Gasteiger partial charge is 0.416 e. The van der Waals surface area contributed by atoms with Crippen LogP contribution in [0.4, 0.5) is 17.6 Å². The maximum Gasteiger partial charge on any atom is 0.416 e. The average Bonchev–Trinajstić information content (AvgIpc) is 2.77. The number of aromatic nitrogens is 2. The molecule has 3 aromatic rings. The largest absolute Gasteiger partial charge is 0.481 e. The number of alkyl halides is 3. The van der Waals surface area contributed by atoms with Gasteiger partial charge in [-0.2, -0.15) is 13.2 Å². The van der Waals surface area contributed by atoms with E-state index in [9.17, 15) is 22.4 Å². The second-order valence-corrected chi connectivity index (χ2v) is 6.69. The van der Waals surface area contributed by atoms with Crippen molar-refractivity contribution in [2.75, 3.05) is 13.2 Å². The molecule has 6 nitrogen and oxygen atoms in total. The minimum Gasteiger partial charge on any atom is -0.481 e. The molecule has 1 heterocycles. The minimum absolute atomic E-state index is 0.0600. The van der Waals surface area contributed by atoms with Gasteiger partial charge in [0.15, 0.2) is 6.10 Å². The third kappa shape index (κ3) is 6.40. The standard InChI is InChI=1S/C22H19F4N3O3/c1-14(32-18-4-2-3-16(13-18)22(24,25)26)21(30)27-11-12-31-20-10-9-19(28-29-20)15-5-7-17(23)8-6-15/h2-10,13-14H,11-12H2,1H3,(H,27,30). The van der Waals surface area contributed by atoms with Crippen molar-refractivity contribution in [1.29, 1.82) is 0 Å². The molecular weight excluding hydrogens is 430 g/mol. The SMILES string of the molecule is CC(Oc1cccc(C(F)(F)F)c1)C(=O)NCCOc1ccc(-c2ccc(F)cc2)nn1. The van der Waals surface area contributed by atoms with Crippen molar-refractivity contribution in [3.63, 3.8) is 0 Å². The summed E-state index contributed by atoms with van der Waals surface area (Å²) in [7, 11) is 0. The van der Waals surface area contributed by atoms with Crippen LogP contribution in [0.1, 0.15) is 12.5 Å². The highest BCUT2D eigenvalue weighted by Gasteiger charge is 2.30. The first kappa shape index (κ1) is 23.0. The normalized spacial score (nSPS) is 12.2. The van der Waals surface area contributed by atoms with E-state index < -0.39 is 23.8 Å². The van der Waals surface area contributed by atoms with E-state index in [1.165, 1.54) is 31.2 Å². The third-order valence-electron chi connectivity index (χ3n) is 4.27. The van der Waals surface area contributed by atoms with Gasteiger partial charge in [-0.1, -0.05) is 6.07 Å². The molecule has 0 spiro atoms. The first-order valence-electron chi connectivity index (χ1n) is 9.56. The molecule has 10 heteroatoms. The number of hydrogen-bond donors (Lipinski definition) is 1. The second kappa shape index (κ2) is 10.1. The van der Waals surface area contributed by atoms with E-state index in [0.29, 0.717) is 11.3 Å². The van der Waals surface area contributed by atoms with Gasteiger partial charge in [0.05, 0.1) is 17.8 Å². The number of nitrogens with zero attached hydrogens (tertiary/aromatic N) is 2. The van der Waals surface area contributed by atoms with Crippen LogP contribution in [0.15, 0.2) is 60.7 Å². The number of rotatable bonds is 8. The molecule has 32 heavy (non-hydrogen) atoms. The van der Waals surface area contributed by atoms with Gasteiger partial charge in [0.1, 0.15) is 18.2 Å². The summed E-state index contributed by atoms with van der Waals surface area (Å²) in [4.78, 5) is 12.1. The van der Waals surface area contributed by atoms with Crippen molar-refractivity contribution in [3.8, 4) is 22.9 Å². The molecule has 0 radical (unpaired) electrons. The Bertz CT molecular complexity index is 1040. The summed E-state index contributed by atoms with van der Waals surface area (Å²) in [5.41, 5.74) is 0.390. The van der Waals surface area contributed by atoms with E-state index >= 15 is 0 Å². The van der Waals surface area contributed by atoms with Gasteiger partial charge in [0.25, 0.3) is 5.91 Å². The van der Waals surface area contributed by atoms with Crippen LogP contribution >= 0.6 is 0 Å². The highest BCUT2D eigenvalue weighted by molar-refractivity contribution is 5.80. The number of ether oxygens (including phenoxy) is 2. The lowest BCUT2D eigenvalue weighted by Crippen LogP contribution is -2.38. The first-order valence-corrected chi connectivity index (χ1v) is 9.56. The van der Waals surface area contributed by atoms with Crippen molar-refractivity contribution in [2.24, 2.45) is 0 Å². The van der Waals surface area contributed by atoms with Gasteiger partial charge in [-0.25, -0.2) is 4.39 Å². The Morgan fingerprint density at radius 1 is 1.06 bits per heavy atom. The summed E-state index contributed by atoms with van der Waals surface area (Å²) in [6.45, 7) is 1.64. The van der Waals surface area contributed by atoms with Crippen molar-refractivity contribution >= 4 is 5.91 Å². The number of benzene rings is 2. The molecule has 0 saturated heterocycles. The van der Waals surface area contributed by atoms with E-state index in [1.807, 2.05) is 0 Å². The number of amides is 1. The van der Waals surface area contributed by atoms with E-state index in [0.717, 1.165) is 12.1 Å². The maximum atomic E-state index is 13.0. The number of hydrogen-bond acceptors (Lipinski definition) is 5. The lowest BCUT2D eigenvalue weighted by Gasteiger charge is -2.16. The van der Waals surface area contributed by atoms with E-state index in [1.54, 1.807) is 24.3 Å². The lowest BCUT2D eigenvalue weighted by atomic mass is 10.1. The predicted octanol–water partition coefficient (Wildman–Crippen LogP) is 4.26. The molecule has 0 saturated carbocycles. The van der Waals surface area contributed by atoms with Crippen molar-refractivity contribution in [3.05, 3.63) is 72.0 Å². The molecule has 0 aliphatic rings. The zero-order valence-corrected chi connectivity index (χ0v) is 16.9. The van der Waals surface area contributed by atoms with Gasteiger partial charge in [-0.3, -0.25) is 4.79 Å². The lowest BCUT2D eigenvalue weighted by molar-refractivity contribution is -0.137. The van der Waals surface area contributed by atoms with Crippen LogP contribution < -0.4 is 14.8 Å². The fraction of sp³-hybridized carbons (Fsp3) is 0.227. The Kier molecular flexibility index (Phi) is 7.24. The summed E-state index contributed by atoms with van der Waals surface area (Å²) in [6, 6.07) is 13.4. The molecule has 1 aromatic heterocycles. The van der Waals surface area contributed by atoms with Gasteiger partial charge >= 0.3 is 6.18 Å². The predicted molar refractivity (Wildman–Crippen MR) is 107 cm³/mol. The molecule has 0 aliphatic carbocycles. The van der Waals surface area contributed by atoms with E-state index in [-0.39, 0.29) is 30.6 Å². The summed E-state index contributed by atoms with van der Waals surface area (Å²) >= 11 is 0. The number of carbonyl (C=O) groups excluding carboxylic acids is 1. The van der Waals surface area contributed by atoms with E-state index in [2.05, 4.69) is 15.5 Å². The third-order valence-corrected chi connectivity index (χ3v) is 4.27. The summed E-state index contributed by atoms with van der Waals surface area (Å²) < 4.78 is 62.0. The molecule has 0 aliphatic heterocycles. The Labute approximate surface area is 181 Å². The van der Waals surface area contributed by atoms with Crippen LogP contribution in [-0.4, -0.2) is 35.4 Å². The summed E-state index contributed by atoms with van der Waals surface area (Å²) in [5.74, 6) is -0.685. The average molecular weight is 449 g/mol. The van der Waals surface area contributed by atoms with Crippen LogP contribution in [0.5, 0.6) is 11.6 Å². The van der Waals surface area contributed by atoms with Crippen LogP contribution in [0.2, 0.25) is 0 Å². The molecule has 1 atom stereocenters. The zero-order chi connectivity index (χ0) is 23.1. The Balaban J connectivity index is 1.43. The first-order chi connectivity index (χ1) is 15.2. The topological polar surface area (TPSA) is 73.3 Å². The fourth-order valence-electron chi connectivity index (χ4n) is 2.65. The number of nitrogens with one attached hydrogen (secondary N) is 1. The highest BCUT2D eigenvalue weighted by Crippen LogP contribution is 2.31. The quantitative estimate of drug-likeness (QED) is 0.411. The number of carbonyl (C=O) groups is 1. The Morgan fingerprint density at radius 2 is 1.81 bits per heavy atom. The van der Waals surface area contributed by atoms with Crippen LogP contribution in [-0.2, 0) is 11.0 Å². The Morgan fingerprint density at radius 3 is 2.47 bits per heavy atom. The van der Waals surface area contributed by atoms with Crippen LogP contribution in [0.3, 0.4) is 0 Å². The monoisotopic (exact) mass is 449 g/mol. The molecule has 3 rings (SSSR count). The summed E-state index contributed by atoms with van der Waals surface area (Å²) in [5, 5.41) is 10.5. The highest BCUT2D eigenvalue weighted by atomic mass is 19.4. The maximum absolute atomic E-state index is 13.0. The summed E-state index contributed by atoms with van der Waals surface area (Å²) in [6.07, 6.45) is -5.50. The molecule has 2 aromatic carbocycles. The second-order valence-electron chi connectivity index (χ2n) is 6.69. The van der Waals surface area contributed by atoms with Gasteiger partial charge < -0.3 is 14.8 Å². The van der Waals surface area contributed by atoms with Gasteiger partial charge in [-0.05, 0) is 55.5 Å².